The number of benzene rings is 3. The largest absolute Gasteiger partial charge is 0.496 e. The first-order valence-electron chi connectivity index (χ1n) is 11.2. The summed E-state index contributed by atoms with van der Waals surface area (Å²) >= 11 is 12.0. The van der Waals surface area contributed by atoms with Gasteiger partial charge in [-0.1, -0.05) is 58.7 Å². The number of aliphatic carboxylic acids is 1. The molecule has 0 spiro atoms. The highest BCUT2D eigenvalue weighted by Gasteiger charge is 2.26. The van der Waals surface area contributed by atoms with Crippen molar-refractivity contribution in [2.24, 2.45) is 0 Å². The van der Waals surface area contributed by atoms with E-state index in [9.17, 15) is 14.7 Å². The van der Waals surface area contributed by atoms with Crippen LogP contribution in [0.25, 0.3) is 22.6 Å². The van der Waals surface area contributed by atoms with E-state index >= 15 is 0 Å². The van der Waals surface area contributed by atoms with Crippen molar-refractivity contribution in [2.75, 3.05) is 20.3 Å². The number of halogens is 2. The van der Waals surface area contributed by atoms with Crippen LogP contribution in [0.4, 0.5) is 0 Å². The number of nitrogens with one attached hydrogen (secondary N) is 1. The fraction of sp³-hybridized carbons (Fsp3) is 0.148. The van der Waals surface area contributed by atoms with Crippen LogP contribution >= 0.6 is 23.2 Å². The number of nitrogens with zero attached hydrogens (tertiary/aromatic N) is 1. The maximum Gasteiger partial charge on any atom is 0.307 e. The van der Waals surface area contributed by atoms with E-state index in [0.717, 1.165) is 0 Å². The fourth-order valence-electron chi connectivity index (χ4n) is 3.72. The zero-order chi connectivity index (χ0) is 26.4. The Bertz CT molecular complexity index is 1420. The van der Waals surface area contributed by atoms with Gasteiger partial charge in [0.15, 0.2) is 5.76 Å². The van der Waals surface area contributed by atoms with Gasteiger partial charge in [-0.05, 0) is 36.4 Å². The van der Waals surface area contributed by atoms with Crippen molar-refractivity contribution in [3.05, 3.63) is 87.9 Å². The van der Waals surface area contributed by atoms with Crippen molar-refractivity contribution in [3.8, 4) is 34.1 Å². The molecule has 1 amide bonds. The van der Waals surface area contributed by atoms with E-state index in [1.165, 1.54) is 7.11 Å². The van der Waals surface area contributed by atoms with Gasteiger partial charge in [0.2, 0.25) is 0 Å². The Morgan fingerprint density at radius 1 is 1.00 bits per heavy atom. The SMILES string of the molecule is COc1ccc(-c2noc(-c3ccccc3)c2C(=O)NCCOc2ccc(Cl)cc2Cl)cc1CC(=O)O. The normalized spacial score (nSPS) is 10.7. The van der Waals surface area contributed by atoms with E-state index in [2.05, 4.69) is 10.5 Å². The van der Waals surface area contributed by atoms with Crippen LogP contribution in [0.15, 0.2) is 71.3 Å². The number of hydrogen-bond donors (Lipinski definition) is 2. The Balaban J connectivity index is 1.61. The van der Waals surface area contributed by atoms with E-state index in [0.29, 0.717) is 38.2 Å². The average molecular weight is 541 g/mol. The summed E-state index contributed by atoms with van der Waals surface area (Å²) in [4.78, 5) is 24.7. The summed E-state index contributed by atoms with van der Waals surface area (Å²) in [5.41, 5.74) is 2.10. The molecule has 190 valence electrons. The van der Waals surface area contributed by atoms with Crippen LogP contribution in [0.5, 0.6) is 11.5 Å². The molecule has 4 rings (SSSR count). The van der Waals surface area contributed by atoms with Gasteiger partial charge in [-0.2, -0.15) is 0 Å². The molecule has 2 N–H and O–H groups in total. The third-order valence-corrected chi connectivity index (χ3v) is 5.92. The Hall–Kier alpha value is -4.01. The molecule has 0 saturated heterocycles. The second-order valence-electron chi connectivity index (χ2n) is 7.88. The number of hydrogen-bond acceptors (Lipinski definition) is 6. The van der Waals surface area contributed by atoms with Crippen LogP contribution in [-0.4, -0.2) is 42.4 Å². The van der Waals surface area contributed by atoms with Gasteiger partial charge < -0.3 is 24.4 Å². The molecule has 0 aliphatic rings. The first-order valence-corrected chi connectivity index (χ1v) is 11.9. The highest BCUT2D eigenvalue weighted by atomic mass is 35.5. The number of methoxy groups -OCH3 is 1. The molecule has 0 unspecified atom stereocenters. The van der Waals surface area contributed by atoms with Crippen molar-refractivity contribution in [1.82, 2.24) is 10.5 Å². The monoisotopic (exact) mass is 540 g/mol. The molecule has 37 heavy (non-hydrogen) atoms. The molecule has 0 aliphatic carbocycles. The number of rotatable bonds is 10. The summed E-state index contributed by atoms with van der Waals surface area (Å²) < 4.78 is 16.6. The third kappa shape index (κ3) is 6.22. The molecule has 0 radical (unpaired) electrons. The highest BCUT2D eigenvalue weighted by Crippen LogP contribution is 2.34. The number of carboxylic acids is 1. The van der Waals surface area contributed by atoms with Crippen molar-refractivity contribution < 1.29 is 28.7 Å². The molecule has 0 fully saturated rings. The maximum atomic E-state index is 13.4. The van der Waals surface area contributed by atoms with Gasteiger partial charge in [0.25, 0.3) is 5.91 Å². The number of amides is 1. The molecule has 0 aliphatic heterocycles. The minimum Gasteiger partial charge on any atom is -0.496 e. The molecule has 3 aromatic carbocycles. The minimum absolute atomic E-state index is 0.152. The summed E-state index contributed by atoms with van der Waals surface area (Å²) in [5.74, 6) is -0.303. The van der Waals surface area contributed by atoms with Gasteiger partial charge in [0, 0.05) is 21.7 Å². The minimum atomic E-state index is -1.01. The second-order valence-corrected chi connectivity index (χ2v) is 8.72. The average Bonchev–Trinajstić information content (AvgIpc) is 3.33. The van der Waals surface area contributed by atoms with Crippen LogP contribution in [0.3, 0.4) is 0 Å². The number of carbonyl (C=O) groups excluding carboxylic acids is 1. The lowest BCUT2D eigenvalue weighted by atomic mass is 9.99. The summed E-state index contributed by atoms with van der Waals surface area (Å²) in [5, 5.41) is 17.1. The molecule has 1 aromatic heterocycles. The third-order valence-electron chi connectivity index (χ3n) is 5.39. The molecule has 8 nitrogen and oxygen atoms in total. The number of aromatic nitrogens is 1. The Kier molecular flexibility index (Phi) is 8.32. The first-order chi connectivity index (χ1) is 17.9. The van der Waals surface area contributed by atoms with Gasteiger partial charge in [-0.25, -0.2) is 0 Å². The zero-order valence-electron chi connectivity index (χ0n) is 19.7. The molecular weight excluding hydrogens is 519 g/mol. The Morgan fingerprint density at radius 2 is 1.76 bits per heavy atom. The predicted molar refractivity (Wildman–Crippen MR) is 140 cm³/mol. The maximum absolute atomic E-state index is 13.4. The predicted octanol–water partition coefficient (Wildman–Crippen LogP) is 5.76. The summed E-state index contributed by atoms with van der Waals surface area (Å²) in [6.45, 7) is 0.323. The molecule has 0 bridgehead atoms. The van der Waals surface area contributed by atoms with E-state index < -0.39 is 11.9 Å². The van der Waals surface area contributed by atoms with Crippen molar-refractivity contribution in [2.45, 2.75) is 6.42 Å². The fourth-order valence-corrected chi connectivity index (χ4v) is 4.18. The van der Waals surface area contributed by atoms with E-state index in [1.807, 2.05) is 18.2 Å². The van der Waals surface area contributed by atoms with Gasteiger partial charge in [-0.3, -0.25) is 9.59 Å². The second kappa shape index (κ2) is 11.8. The van der Waals surface area contributed by atoms with Crippen LogP contribution in [0.1, 0.15) is 15.9 Å². The highest BCUT2D eigenvalue weighted by molar-refractivity contribution is 6.35. The molecule has 1 heterocycles. The smallest absolute Gasteiger partial charge is 0.307 e. The lowest BCUT2D eigenvalue weighted by Crippen LogP contribution is -2.28. The Morgan fingerprint density at radius 3 is 2.46 bits per heavy atom. The number of carbonyl (C=O) groups is 2. The summed E-state index contributed by atoms with van der Waals surface area (Å²) in [7, 11) is 1.46. The van der Waals surface area contributed by atoms with Crippen LogP contribution in [-0.2, 0) is 11.2 Å². The van der Waals surface area contributed by atoms with Gasteiger partial charge in [0.05, 0.1) is 25.1 Å². The van der Waals surface area contributed by atoms with Crippen molar-refractivity contribution >= 4 is 35.1 Å². The molecular formula is C27H22Cl2N2O6. The molecule has 4 aromatic rings. The summed E-state index contributed by atoms with van der Waals surface area (Å²) in [6.07, 6.45) is -0.257. The lowest BCUT2D eigenvalue weighted by molar-refractivity contribution is -0.136. The number of ether oxygens (including phenoxy) is 2. The molecule has 0 saturated carbocycles. The van der Waals surface area contributed by atoms with E-state index in [-0.39, 0.29) is 36.6 Å². The van der Waals surface area contributed by atoms with Crippen molar-refractivity contribution in [3.63, 3.8) is 0 Å². The molecule has 0 atom stereocenters. The standard InChI is InChI=1S/C27H22Cl2N2O6/c1-35-21-9-7-17(13-18(21)14-23(32)33)25-24(26(37-31-25)16-5-3-2-4-6-16)27(34)30-11-12-36-22-10-8-19(28)15-20(22)29/h2-10,13,15H,11-12,14H2,1H3,(H,30,34)(H,32,33). The van der Waals surface area contributed by atoms with Crippen molar-refractivity contribution in [1.29, 1.82) is 0 Å². The quantitative estimate of drug-likeness (QED) is 0.246. The first kappa shape index (κ1) is 26.1. The van der Waals surface area contributed by atoms with Gasteiger partial charge in [0.1, 0.15) is 29.4 Å². The van der Waals surface area contributed by atoms with Crippen LogP contribution < -0.4 is 14.8 Å². The zero-order valence-corrected chi connectivity index (χ0v) is 21.2. The Labute approximate surface area is 222 Å². The topological polar surface area (TPSA) is 111 Å². The van der Waals surface area contributed by atoms with E-state index in [4.69, 9.17) is 37.2 Å². The number of carboxylic acid groups (broad SMARTS) is 1. The summed E-state index contributed by atoms with van der Waals surface area (Å²) in [6, 6.07) is 18.9. The van der Waals surface area contributed by atoms with Crippen LogP contribution in [0.2, 0.25) is 10.0 Å². The van der Waals surface area contributed by atoms with Crippen LogP contribution in [0, 0.1) is 0 Å². The van der Waals surface area contributed by atoms with Gasteiger partial charge >= 0.3 is 5.97 Å². The molecule has 10 heteroatoms. The van der Waals surface area contributed by atoms with Gasteiger partial charge in [-0.15, -0.1) is 0 Å². The van der Waals surface area contributed by atoms with E-state index in [1.54, 1.807) is 48.5 Å². The lowest BCUT2D eigenvalue weighted by Gasteiger charge is -2.11.